The lowest BCUT2D eigenvalue weighted by atomic mass is 9.82. The summed E-state index contributed by atoms with van der Waals surface area (Å²) in [6.07, 6.45) is 3.93. The first kappa shape index (κ1) is 18.0. The molecule has 1 fully saturated rings. The van der Waals surface area contributed by atoms with E-state index in [9.17, 15) is 0 Å². The van der Waals surface area contributed by atoms with E-state index in [0.717, 1.165) is 18.4 Å². The maximum absolute atomic E-state index is 3.80. The Kier molecular flexibility index (Phi) is 7.00. The van der Waals surface area contributed by atoms with Gasteiger partial charge in [-0.3, -0.25) is 4.90 Å². The number of nitrogens with one attached hydrogen (secondary N) is 1. The average molecular weight is 283 g/mol. The predicted molar refractivity (Wildman–Crippen MR) is 90.1 cm³/mol. The van der Waals surface area contributed by atoms with Gasteiger partial charge in [-0.2, -0.15) is 0 Å². The number of rotatable bonds is 6. The van der Waals surface area contributed by atoms with Gasteiger partial charge in [0.1, 0.15) is 0 Å². The molecule has 0 spiro atoms. The highest BCUT2D eigenvalue weighted by atomic mass is 15.2. The van der Waals surface area contributed by atoms with Gasteiger partial charge in [0.2, 0.25) is 0 Å². The summed E-state index contributed by atoms with van der Waals surface area (Å²) in [5, 5.41) is 3.80. The van der Waals surface area contributed by atoms with Crippen LogP contribution < -0.4 is 5.32 Å². The smallest absolute Gasteiger partial charge is 0.0269 e. The summed E-state index contributed by atoms with van der Waals surface area (Å²) in [5.41, 5.74) is 0.363. The van der Waals surface area contributed by atoms with Crippen LogP contribution in [0, 0.1) is 17.3 Å². The van der Waals surface area contributed by atoms with Gasteiger partial charge in [0, 0.05) is 31.7 Å². The van der Waals surface area contributed by atoms with Crippen molar-refractivity contribution >= 4 is 0 Å². The number of piperazine rings is 1. The van der Waals surface area contributed by atoms with Crippen molar-refractivity contribution in [1.82, 2.24) is 10.2 Å². The molecule has 1 rings (SSSR count). The van der Waals surface area contributed by atoms with Crippen LogP contribution in [0.25, 0.3) is 0 Å². The van der Waals surface area contributed by atoms with Crippen molar-refractivity contribution in [3.63, 3.8) is 0 Å². The normalized spacial score (nSPS) is 25.6. The molecule has 2 unspecified atom stereocenters. The maximum Gasteiger partial charge on any atom is 0.0269 e. The minimum atomic E-state index is 0.363. The second kappa shape index (κ2) is 7.79. The average Bonchev–Trinajstić information content (AvgIpc) is 2.33. The third-order valence-electron chi connectivity index (χ3n) is 4.90. The van der Waals surface area contributed by atoms with Crippen molar-refractivity contribution in [1.29, 1.82) is 0 Å². The molecule has 0 saturated carbocycles. The molecule has 2 nitrogen and oxygen atoms in total. The monoisotopic (exact) mass is 282 g/mol. The molecule has 120 valence electrons. The molecule has 20 heavy (non-hydrogen) atoms. The minimum Gasteiger partial charge on any atom is -0.311 e. The first-order chi connectivity index (χ1) is 9.27. The summed E-state index contributed by atoms with van der Waals surface area (Å²) >= 11 is 0. The topological polar surface area (TPSA) is 15.3 Å². The highest BCUT2D eigenvalue weighted by Crippen LogP contribution is 2.28. The van der Waals surface area contributed by atoms with Gasteiger partial charge in [0.25, 0.3) is 0 Å². The molecule has 1 saturated heterocycles. The molecule has 2 heteroatoms. The van der Waals surface area contributed by atoms with Gasteiger partial charge in [0.15, 0.2) is 0 Å². The second-order valence-electron chi connectivity index (χ2n) is 8.25. The molecule has 1 N–H and O–H groups in total. The molecule has 0 aliphatic carbocycles. The van der Waals surface area contributed by atoms with Crippen molar-refractivity contribution in [2.75, 3.05) is 19.6 Å². The van der Waals surface area contributed by atoms with Crippen molar-refractivity contribution in [2.24, 2.45) is 17.3 Å². The quantitative estimate of drug-likeness (QED) is 0.787. The van der Waals surface area contributed by atoms with Crippen molar-refractivity contribution in [3.05, 3.63) is 0 Å². The zero-order valence-electron chi connectivity index (χ0n) is 15.0. The van der Waals surface area contributed by atoms with Crippen molar-refractivity contribution < 1.29 is 0 Å². The van der Waals surface area contributed by atoms with Crippen LogP contribution in [0.4, 0.5) is 0 Å². The van der Waals surface area contributed by atoms with Gasteiger partial charge in [-0.1, -0.05) is 61.3 Å². The number of hydrogen-bond acceptors (Lipinski definition) is 2. The highest BCUT2D eigenvalue weighted by Gasteiger charge is 2.36. The molecule has 0 aromatic carbocycles. The Labute approximate surface area is 127 Å². The Balaban J connectivity index is 2.72. The Morgan fingerprint density at radius 1 is 1.15 bits per heavy atom. The number of nitrogens with zero attached hydrogens (tertiary/aromatic N) is 1. The van der Waals surface area contributed by atoms with Crippen LogP contribution in [-0.2, 0) is 0 Å². The van der Waals surface area contributed by atoms with E-state index in [2.05, 4.69) is 58.7 Å². The molecule has 1 heterocycles. The summed E-state index contributed by atoms with van der Waals surface area (Å²) in [6.45, 7) is 20.2. The van der Waals surface area contributed by atoms with E-state index in [1.807, 2.05) is 0 Å². The lowest BCUT2D eigenvalue weighted by Gasteiger charge is -2.48. The van der Waals surface area contributed by atoms with Crippen LogP contribution >= 0.6 is 0 Å². The zero-order chi connectivity index (χ0) is 15.3. The molecule has 2 atom stereocenters. The second-order valence-corrected chi connectivity index (χ2v) is 8.25. The summed E-state index contributed by atoms with van der Waals surface area (Å²) in [6, 6.07) is 1.36. The Morgan fingerprint density at radius 2 is 1.75 bits per heavy atom. The fourth-order valence-corrected chi connectivity index (χ4v) is 3.54. The van der Waals surface area contributed by atoms with Crippen LogP contribution in [0.3, 0.4) is 0 Å². The van der Waals surface area contributed by atoms with E-state index in [1.54, 1.807) is 0 Å². The standard InChI is InChI=1S/C18H38N2/c1-8-15(9-2)12-20-13-16(10-14(3)4)19-11-17(20)18(5,6)7/h14-17,19H,8-13H2,1-7H3. The van der Waals surface area contributed by atoms with E-state index >= 15 is 0 Å². The summed E-state index contributed by atoms with van der Waals surface area (Å²) < 4.78 is 0. The molecule has 1 aliphatic rings. The molecule has 0 radical (unpaired) electrons. The van der Waals surface area contributed by atoms with Crippen LogP contribution in [0.5, 0.6) is 0 Å². The van der Waals surface area contributed by atoms with Crippen LogP contribution in [-0.4, -0.2) is 36.6 Å². The number of hydrogen-bond donors (Lipinski definition) is 1. The fraction of sp³-hybridized carbons (Fsp3) is 1.00. The molecule has 0 bridgehead atoms. The minimum absolute atomic E-state index is 0.363. The van der Waals surface area contributed by atoms with E-state index in [-0.39, 0.29) is 0 Å². The lowest BCUT2D eigenvalue weighted by Crippen LogP contribution is -2.61. The largest absolute Gasteiger partial charge is 0.311 e. The van der Waals surface area contributed by atoms with Gasteiger partial charge < -0.3 is 5.32 Å². The van der Waals surface area contributed by atoms with E-state index in [0.29, 0.717) is 17.5 Å². The first-order valence-corrected chi connectivity index (χ1v) is 8.75. The molecule has 0 aromatic rings. The van der Waals surface area contributed by atoms with E-state index in [4.69, 9.17) is 0 Å². The van der Waals surface area contributed by atoms with Gasteiger partial charge in [-0.05, 0) is 23.7 Å². The molecule has 1 aliphatic heterocycles. The van der Waals surface area contributed by atoms with E-state index < -0.39 is 0 Å². The van der Waals surface area contributed by atoms with Gasteiger partial charge in [-0.15, -0.1) is 0 Å². The highest BCUT2D eigenvalue weighted by molar-refractivity contribution is 4.93. The van der Waals surface area contributed by atoms with E-state index in [1.165, 1.54) is 32.4 Å². The zero-order valence-corrected chi connectivity index (χ0v) is 15.0. The SMILES string of the molecule is CCC(CC)CN1CC(CC(C)C)NCC1C(C)(C)C. The predicted octanol–water partition coefficient (Wildman–Crippen LogP) is 4.16. The Bertz CT molecular complexity index is 263. The summed E-state index contributed by atoms with van der Waals surface area (Å²) in [4.78, 5) is 2.79. The van der Waals surface area contributed by atoms with Gasteiger partial charge in [-0.25, -0.2) is 0 Å². The lowest BCUT2D eigenvalue weighted by molar-refractivity contribution is 0.0379. The van der Waals surface area contributed by atoms with Gasteiger partial charge >= 0.3 is 0 Å². The van der Waals surface area contributed by atoms with Crippen LogP contribution in [0.2, 0.25) is 0 Å². The maximum atomic E-state index is 3.80. The fourth-order valence-electron chi connectivity index (χ4n) is 3.54. The third-order valence-corrected chi connectivity index (χ3v) is 4.90. The molecule has 0 aromatic heterocycles. The molecule has 0 amide bonds. The molecular formula is C18H38N2. The van der Waals surface area contributed by atoms with Crippen LogP contribution in [0.15, 0.2) is 0 Å². The Morgan fingerprint density at radius 3 is 2.20 bits per heavy atom. The Hall–Kier alpha value is -0.0800. The third kappa shape index (κ3) is 5.37. The van der Waals surface area contributed by atoms with Gasteiger partial charge in [0.05, 0.1) is 0 Å². The summed E-state index contributed by atoms with van der Waals surface area (Å²) in [7, 11) is 0. The summed E-state index contributed by atoms with van der Waals surface area (Å²) in [5.74, 6) is 1.64. The van der Waals surface area contributed by atoms with Crippen LogP contribution in [0.1, 0.15) is 67.7 Å². The van der Waals surface area contributed by atoms with Crippen molar-refractivity contribution in [3.8, 4) is 0 Å². The first-order valence-electron chi connectivity index (χ1n) is 8.75. The molecular weight excluding hydrogens is 244 g/mol. The van der Waals surface area contributed by atoms with Crippen molar-refractivity contribution in [2.45, 2.75) is 79.8 Å².